The number of carbonyl (C=O) groups excluding carboxylic acids is 2. The van der Waals surface area contributed by atoms with Crippen LogP contribution in [0.3, 0.4) is 0 Å². The lowest BCUT2D eigenvalue weighted by Gasteiger charge is -2.27. The summed E-state index contributed by atoms with van der Waals surface area (Å²) in [7, 11) is 1.89. The van der Waals surface area contributed by atoms with Crippen LogP contribution in [0.1, 0.15) is 32.3 Å². The molecule has 1 fully saturated rings. The van der Waals surface area contributed by atoms with Gasteiger partial charge in [-0.2, -0.15) is 0 Å². The maximum Gasteiger partial charge on any atom is 0.278 e. The van der Waals surface area contributed by atoms with Gasteiger partial charge in [0.1, 0.15) is 0 Å². The number of carbonyl (C=O) groups is 2. The van der Waals surface area contributed by atoms with Crippen LogP contribution < -0.4 is 10.2 Å². The lowest BCUT2D eigenvalue weighted by atomic mass is 10.2. The molecule has 1 aliphatic carbocycles. The first kappa shape index (κ1) is 17.5. The van der Waals surface area contributed by atoms with E-state index in [9.17, 15) is 9.59 Å². The molecule has 23 heavy (non-hydrogen) atoms. The fourth-order valence-corrected chi connectivity index (χ4v) is 2.54. The highest BCUT2D eigenvalue weighted by atomic mass is 16.2. The van der Waals surface area contributed by atoms with Crippen LogP contribution in [0.5, 0.6) is 0 Å². The molecule has 5 nitrogen and oxygen atoms in total. The predicted octanol–water partition coefficient (Wildman–Crippen LogP) is 0.217. The minimum atomic E-state index is 0.0388. The van der Waals surface area contributed by atoms with Gasteiger partial charge in [0, 0.05) is 18.6 Å². The number of nitrogens with one attached hydrogen (secondary N) is 2. The van der Waals surface area contributed by atoms with Gasteiger partial charge in [-0.05, 0) is 32.3 Å². The topological polar surface area (TPSA) is 53.9 Å². The SMILES string of the molecule is CC(C)N(Cc1ccccc1)C(=O)C[NH+](C)CC(=O)NC1CC1. The number of nitrogens with zero attached hydrogens (tertiary/aromatic N) is 1. The van der Waals surface area contributed by atoms with Crippen molar-refractivity contribution >= 4 is 11.8 Å². The molecule has 126 valence electrons. The van der Waals surface area contributed by atoms with Crippen molar-refractivity contribution in [2.75, 3.05) is 20.1 Å². The minimum Gasteiger partial charge on any atom is -0.348 e. The molecule has 1 aromatic rings. The van der Waals surface area contributed by atoms with Crippen molar-refractivity contribution in [3.05, 3.63) is 35.9 Å². The van der Waals surface area contributed by atoms with Crippen LogP contribution in [-0.2, 0) is 16.1 Å². The van der Waals surface area contributed by atoms with Gasteiger partial charge in [0.15, 0.2) is 13.1 Å². The molecule has 0 aliphatic heterocycles. The highest BCUT2D eigenvalue weighted by molar-refractivity contribution is 5.79. The Morgan fingerprint density at radius 2 is 1.87 bits per heavy atom. The molecule has 2 amide bonds. The minimum absolute atomic E-state index is 0.0388. The molecule has 2 rings (SSSR count). The Morgan fingerprint density at radius 1 is 1.22 bits per heavy atom. The summed E-state index contributed by atoms with van der Waals surface area (Å²) in [5.74, 6) is 0.123. The fourth-order valence-electron chi connectivity index (χ4n) is 2.54. The monoisotopic (exact) mass is 318 g/mol. The molecule has 0 saturated heterocycles. The third-order valence-corrected chi connectivity index (χ3v) is 4.00. The number of amides is 2. The van der Waals surface area contributed by atoms with Crippen molar-refractivity contribution in [3.63, 3.8) is 0 Å². The third kappa shape index (κ3) is 6.02. The van der Waals surface area contributed by atoms with Crippen LogP contribution in [-0.4, -0.2) is 48.9 Å². The molecule has 0 aromatic heterocycles. The first-order valence-corrected chi connectivity index (χ1v) is 8.39. The Bertz CT molecular complexity index is 526. The van der Waals surface area contributed by atoms with Gasteiger partial charge < -0.3 is 15.1 Å². The van der Waals surface area contributed by atoms with E-state index < -0.39 is 0 Å². The first-order chi connectivity index (χ1) is 11.0. The molecule has 1 aliphatic rings. The van der Waals surface area contributed by atoms with Crippen molar-refractivity contribution in [1.82, 2.24) is 10.2 Å². The largest absolute Gasteiger partial charge is 0.348 e. The Hall–Kier alpha value is -1.88. The van der Waals surface area contributed by atoms with Crippen LogP contribution in [0.25, 0.3) is 0 Å². The fraction of sp³-hybridized carbons (Fsp3) is 0.556. The van der Waals surface area contributed by atoms with Gasteiger partial charge in [-0.15, -0.1) is 0 Å². The van der Waals surface area contributed by atoms with Crippen molar-refractivity contribution in [1.29, 1.82) is 0 Å². The highest BCUT2D eigenvalue weighted by Crippen LogP contribution is 2.18. The van der Waals surface area contributed by atoms with Gasteiger partial charge in [0.05, 0.1) is 7.05 Å². The second-order valence-corrected chi connectivity index (χ2v) is 6.75. The normalized spacial score (nSPS) is 15.3. The zero-order valence-electron chi connectivity index (χ0n) is 14.3. The van der Waals surface area contributed by atoms with E-state index in [2.05, 4.69) is 5.32 Å². The van der Waals surface area contributed by atoms with Gasteiger partial charge in [-0.3, -0.25) is 9.59 Å². The molecule has 1 unspecified atom stereocenters. The molecular weight excluding hydrogens is 290 g/mol. The summed E-state index contributed by atoms with van der Waals surface area (Å²) in [5.41, 5.74) is 1.12. The quantitative estimate of drug-likeness (QED) is 0.720. The van der Waals surface area contributed by atoms with Crippen molar-refractivity contribution in [2.45, 2.75) is 45.3 Å². The first-order valence-electron chi connectivity index (χ1n) is 8.39. The average molecular weight is 318 g/mol. The summed E-state index contributed by atoms with van der Waals surface area (Å²) >= 11 is 0. The molecule has 0 spiro atoms. The molecule has 0 heterocycles. The Balaban J connectivity index is 1.85. The number of hydrogen-bond acceptors (Lipinski definition) is 2. The zero-order chi connectivity index (χ0) is 16.8. The van der Waals surface area contributed by atoms with E-state index in [4.69, 9.17) is 0 Å². The number of hydrogen-bond donors (Lipinski definition) is 2. The summed E-state index contributed by atoms with van der Waals surface area (Å²) in [4.78, 5) is 27.2. The molecule has 2 N–H and O–H groups in total. The number of quaternary nitrogens is 1. The van der Waals surface area contributed by atoms with Crippen LogP contribution in [0.2, 0.25) is 0 Å². The summed E-state index contributed by atoms with van der Waals surface area (Å²) in [6, 6.07) is 10.5. The molecule has 5 heteroatoms. The zero-order valence-corrected chi connectivity index (χ0v) is 14.3. The standard InChI is InChI=1S/C18H27N3O2/c1-14(2)21(11-15-7-5-4-6-8-15)18(23)13-20(3)12-17(22)19-16-9-10-16/h4-8,14,16H,9-13H2,1-3H3,(H,19,22)/p+1. The molecule has 0 radical (unpaired) electrons. The maximum atomic E-state index is 12.6. The number of likely N-dealkylation sites (N-methyl/N-ethyl adjacent to an activating group) is 1. The Morgan fingerprint density at radius 3 is 2.43 bits per heavy atom. The molecule has 1 saturated carbocycles. The van der Waals surface area contributed by atoms with E-state index in [0.29, 0.717) is 25.7 Å². The maximum absolute atomic E-state index is 12.6. The lowest BCUT2D eigenvalue weighted by Crippen LogP contribution is -3.11. The smallest absolute Gasteiger partial charge is 0.278 e. The van der Waals surface area contributed by atoms with Crippen LogP contribution in [0.4, 0.5) is 0 Å². The molecule has 0 bridgehead atoms. The number of benzene rings is 1. The second kappa shape index (κ2) is 8.11. The number of rotatable bonds is 8. The second-order valence-electron chi connectivity index (χ2n) is 6.75. The van der Waals surface area contributed by atoms with Gasteiger partial charge in [0.2, 0.25) is 0 Å². The summed E-state index contributed by atoms with van der Waals surface area (Å²) in [6.45, 7) is 5.34. The Labute approximate surface area is 138 Å². The van der Waals surface area contributed by atoms with Crippen LogP contribution in [0.15, 0.2) is 30.3 Å². The average Bonchev–Trinajstić information content (AvgIpc) is 3.28. The third-order valence-electron chi connectivity index (χ3n) is 4.00. The molecule has 1 atom stereocenters. The van der Waals surface area contributed by atoms with Gasteiger partial charge in [0.25, 0.3) is 11.8 Å². The summed E-state index contributed by atoms with van der Waals surface area (Å²) in [6.07, 6.45) is 2.17. The summed E-state index contributed by atoms with van der Waals surface area (Å²) in [5, 5.41) is 2.97. The van der Waals surface area contributed by atoms with Gasteiger partial charge in [-0.1, -0.05) is 30.3 Å². The van der Waals surface area contributed by atoms with E-state index in [1.54, 1.807) is 0 Å². The van der Waals surface area contributed by atoms with Gasteiger partial charge in [-0.25, -0.2) is 0 Å². The predicted molar refractivity (Wildman–Crippen MR) is 89.9 cm³/mol. The van der Waals surface area contributed by atoms with E-state index in [1.165, 1.54) is 0 Å². The molecular formula is C18H28N3O2+. The van der Waals surface area contributed by atoms with E-state index >= 15 is 0 Å². The Kier molecular flexibility index (Phi) is 6.16. The van der Waals surface area contributed by atoms with E-state index in [0.717, 1.165) is 23.3 Å². The van der Waals surface area contributed by atoms with Crippen molar-refractivity contribution < 1.29 is 14.5 Å². The van der Waals surface area contributed by atoms with Gasteiger partial charge >= 0.3 is 0 Å². The lowest BCUT2D eigenvalue weighted by molar-refractivity contribution is -0.863. The van der Waals surface area contributed by atoms with E-state index in [-0.39, 0.29) is 17.9 Å². The van der Waals surface area contributed by atoms with Crippen LogP contribution >= 0.6 is 0 Å². The molecule has 1 aromatic carbocycles. The van der Waals surface area contributed by atoms with E-state index in [1.807, 2.05) is 56.1 Å². The summed E-state index contributed by atoms with van der Waals surface area (Å²) < 4.78 is 0. The highest BCUT2D eigenvalue weighted by Gasteiger charge is 2.26. The van der Waals surface area contributed by atoms with Crippen LogP contribution in [0, 0.1) is 0 Å². The van der Waals surface area contributed by atoms with Crippen molar-refractivity contribution in [3.8, 4) is 0 Å². The van der Waals surface area contributed by atoms with Crippen molar-refractivity contribution in [2.24, 2.45) is 0 Å².